The Labute approximate surface area is 207 Å². The highest BCUT2D eigenvalue weighted by Crippen LogP contribution is 2.43. The van der Waals surface area contributed by atoms with Gasteiger partial charge in [0.2, 0.25) is 16.0 Å². The van der Waals surface area contributed by atoms with Gasteiger partial charge in [0.1, 0.15) is 0 Å². The third-order valence-electron chi connectivity index (χ3n) is 4.77. The van der Waals surface area contributed by atoms with Gasteiger partial charge < -0.3 is 4.55 Å². The summed E-state index contributed by atoms with van der Waals surface area (Å²) in [5, 5.41) is 45.7. The van der Waals surface area contributed by atoms with Crippen molar-refractivity contribution in [3.8, 4) is 0 Å². The Kier molecular flexibility index (Phi) is 8.60. The van der Waals surface area contributed by atoms with Gasteiger partial charge in [0.25, 0.3) is 22.7 Å². The summed E-state index contributed by atoms with van der Waals surface area (Å²) in [4.78, 5) is 44.1. The van der Waals surface area contributed by atoms with E-state index in [9.17, 15) is 40.5 Å². The predicted molar refractivity (Wildman–Crippen MR) is 122 cm³/mol. The molecule has 194 valence electrons. The molecule has 0 radical (unpaired) electrons. The van der Waals surface area contributed by atoms with Crippen molar-refractivity contribution in [1.82, 2.24) is 4.90 Å². The van der Waals surface area contributed by atoms with Crippen molar-refractivity contribution in [2.24, 2.45) is 0 Å². The number of benzene rings is 2. The van der Waals surface area contributed by atoms with Gasteiger partial charge in [-0.15, -0.1) is 0 Å². The number of hydrogen-bond acceptors (Lipinski definition) is 12. The maximum absolute atomic E-state index is 11.7. The summed E-state index contributed by atoms with van der Waals surface area (Å²) >= 11 is 0. The summed E-state index contributed by atoms with van der Waals surface area (Å²) in [6, 6.07) is 5.98. The van der Waals surface area contributed by atoms with Crippen LogP contribution in [0.5, 0.6) is 0 Å². The fourth-order valence-corrected chi connectivity index (χ4v) is 3.40. The minimum absolute atomic E-state index is 0.0556. The first-order valence-electron chi connectivity index (χ1n) is 9.65. The van der Waals surface area contributed by atoms with Crippen LogP contribution in [0.3, 0.4) is 0 Å². The van der Waals surface area contributed by atoms with Crippen LogP contribution < -0.4 is 0 Å². The standard InChI is InChI=1S/C19H14N5O8.H2O4S/c1-20-8-2-3-12(11-20)19(15-6-4-13(21(25)26)9-17(15)23(29)30)16-7-5-14(22(27)28)10-18(16)24(31)32;1-5(2,3)4/h2-7,9-10,19H,8H2,1H3;(H2,1,2,3,4)/q+1;/p-1. The fraction of sp³-hybridized carbons (Fsp3) is 0.158. The van der Waals surface area contributed by atoms with Gasteiger partial charge in [-0.2, -0.15) is 0 Å². The Balaban J connectivity index is 0.000000877. The van der Waals surface area contributed by atoms with Crippen LogP contribution in [-0.4, -0.2) is 55.7 Å². The van der Waals surface area contributed by atoms with Crippen molar-refractivity contribution in [3.63, 3.8) is 0 Å². The lowest BCUT2D eigenvalue weighted by atomic mass is 9.82. The van der Waals surface area contributed by atoms with Crippen LogP contribution in [0.25, 0.3) is 0 Å². The average molecular weight is 537 g/mol. The second kappa shape index (κ2) is 11.2. The molecule has 0 spiro atoms. The Morgan fingerprint density at radius 2 is 1.27 bits per heavy atom. The van der Waals surface area contributed by atoms with Crippen LogP contribution in [0.2, 0.25) is 0 Å². The molecule has 37 heavy (non-hydrogen) atoms. The highest BCUT2D eigenvalue weighted by molar-refractivity contribution is 7.79. The summed E-state index contributed by atoms with van der Waals surface area (Å²) in [5.41, 5.74) is -2.08. The molecule has 0 saturated heterocycles. The highest BCUT2D eigenvalue weighted by atomic mass is 32.3. The Bertz CT molecular complexity index is 1350. The van der Waals surface area contributed by atoms with E-state index in [0.29, 0.717) is 12.1 Å². The van der Waals surface area contributed by atoms with Gasteiger partial charge in [-0.25, -0.2) is 8.42 Å². The smallest absolute Gasteiger partial charge is 0.280 e. The second-order valence-corrected chi connectivity index (χ2v) is 8.08. The van der Waals surface area contributed by atoms with Crippen molar-refractivity contribution >= 4 is 33.1 Å². The molecule has 0 unspecified atom stereocenters. The van der Waals surface area contributed by atoms with E-state index in [1.165, 1.54) is 0 Å². The molecule has 1 N–H and O–H groups in total. The molecular weight excluding hydrogens is 522 g/mol. The zero-order valence-corrected chi connectivity index (χ0v) is 19.3. The van der Waals surface area contributed by atoms with Crippen molar-refractivity contribution < 1.29 is 37.2 Å². The molecule has 0 aromatic heterocycles. The third-order valence-corrected chi connectivity index (χ3v) is 4.77. The van der Waals surface area contributed by atoms with Crippen molar-refractivity contribution in [2.45, 2.75) is 5.92 Å². The van der Waals surface area contributed by atoms with E-state index in [1.54, 1.807) is 24.1 Å². The van der Waals surface area contributed by atoms with Gasteiger partial charge in [-0.1, -0.05) is 0 Å². The maximum Gasteiger partial charge on any atom is 0.280 e. The number of rotatable bonds is 7. The lowest BCUT2D eigenvalue weighted by Gasteiger charge is -2.17. The summed E-state index contributed by atoms with van der Waals surface area (Å²) in [6.07, 6.45) is 6.27. The fourth-order valence-electron chi connectivity index (χ4n) is 3.40. The molecule has 2 aromatic rings. The van der Waals surface area contributed by atoms with Gasteiger partial charge in [0.15, 0.2) is 6.20 Å². The van der Waals surface area contributed by atoms with Crippen LogP contribution >= 0.6 is 0 Å². The van der Waals surface area contributed by atoms with Gasteiger partial charge >= 0.3 is 0 Å². The zero-order valence-electron chi connectivity index (χ0n) is 18.5. The SMILES string of the molecule is CN1[C+]=C(C(c2ccc([N+](=O)[O-])cc2[N+](=O)[O-])c2ccc([N+](=O)[O-])cc2[N+](=O)[O-])C=CC1.O=S(=O)([O-])O. The molecule has 0 amide bonds. The van der Waals surface area contributed by atoms with E-state index >= 15 is 0 Å². The molecule has 2 aromatic carbocycles. The van der Waals surface area contributed by atoms with Crippen LogP contribution in [0, 0.1) is 46.7 Å². The molecule has 1 aliphatic heterocycles. The van der Waals surface area contributed by atoms with Gasteiger partial charge in [0.05, 0.1) is 50.4 Å². The second-order valence-electron chi connectivity index (χ2n) is 7.23. The van der Waals surface area contributed by atoms with Crippen LogP contribution in [0.15, 0.2) is 54.1 Å². The van der Waals surface area contributed by atoms with Crippen molar-refractivity contribution in [2.75, 3.05) is 13.6 Å². The highest BCUT2D eigenvalue weighted by Gasteiger charge is 2.38. The molecule has 0 saturated carbocycles. The molecular formula is C19H15N5O12S. The number of likely N-dealkylation sites (N-methyl/N-ethyl adjacent to an activating group) is 1. The summed E-state index contributed by atoms with van der Waals surface area (Å²) in [5.74, 6) is -1.14. The van der Waals surface area contributed by atoms with E-state index in [4.69, 9.17) is 17.5 Å². The quantitative estimate of drug-likeness (QED) is 0.175. The number of allylic oxidation sites excluding steroid dienone is 2. The first-order chi connectivity index (χ1) is 17.1. The van der Waals surface area contributed by atoms with E-state index in [2.05, 4.69) is 6.20 Å². The van der Waals surface area contributed by atoms with Gasteiger partial charge in [0, 0.05) is 36.4 Å². The minimum Gasteiger partial charge on any atom is -0.726 e. The Hall–Kier alpha value is -4.90. The topological polar surface area (TPSA) is 253 Å². The molecule has 1 heterocycles. The number of hydrogen-bond donors (Lipinski definition) is 1. The molecule has 0 fully saturated rings. The van der Waals surface area contributed by atoms with Crippen LogP contribution in [0.1, 0.15) is 17.0 Å². The molecule has 0 aliphatic carbocycles. The van der Waals surface area contributed by atoms with Crippen LogP contribution in [-0.2, 0) is 10.4 Å². The van der Waals surface area contributed by atoms with Gasteiger partial charge in [-0.05, 0) is 12.1 Å². The predicted octanol–water partition coefficient (Wildman–Crippen LogP) is 2.64. The Morgan fingerprint density at radius 1 is 0.865 bits per heavy atom. The first kappa shape index (κ1) is 28.3. The normalized spacial score (nSPS) is 12.6. The molecule has 3 rings (SSSR count). The average Bonchev–Trinajstić information content (AvgIpc) is 2.78. The zero-order chi connectivity index (χ0) is 28.1. The summed E-state index contributed by atoms with van der Waals surface area (Å²) < 4.78 is 32.8. The molecule has 0 bridgehead atoms. The van der Waals surface area contributed by atoms with Crippen molar-refractivity contribution in [1.29, 1.82) is 0 Å². The lowest BCUT2D eigenvalue weighted by Crippen LogP contribution is -2.19. The molecule has 18 heteroatoms. The molecule has 17 nitrogen and oxygen atoms in total. The van der Waals surface area contributed by atoms with E-state index in [-0.39, 0.29) is 11.1 Å². The minimum atomic E-state index is -4.92. The number of nitrogens with zero attached hydrogens (tertiary/aromatic N) is 5. The first-order valence-corrected chi connectivity index (χ1v) is 11.0. The maximum atomic E-state index is 11.7. The lowest BCUT2D eigenvalue weighted by molar-refractivity contribution is -0.395. The third kappa shape index (κ3) is 7.54. The van der Waals surface area contributed by atoms with Gasteiger partial charge in [-0.3, -0.25) is 49.9 Å². The van der Waals surface area contributed by atoms with Crippen LogP contribution in [0.4, 0.5) is 22.7 Å². The van der Waals surface area contributed by atoms with E-state index in [1.807, 2.05) is 0 Å². The Morgan fingerprint density at radius 3 is 1.59 bits per heavy atom. The van der Waals surface area contributed by atoms with E-state index in [0.717, 1.165) is 36.4 Å². The molecule has 0 atom stereocenters. The summed E-state index contributed by atoms with van der Waals surface area (Å²) in [7, 11) is -3.24. The monoisotopic (exact) mass is 537 g/mol. The number of nitro groups is 4. The number of nitro benzene ring substituents is 4. The largest absolute Gasteiger partial charge is 0.726 e. The van der Waals surface area contributed by atoms with E-state index < -0.39 is 58.8 Å². The molecule has 1 aliphatic rings. The summed E-state index contributed by atoms with van der Waals surface area (Å²) in [6.45, 7) is 0.473. The van der Waals surface area contributed by atoms with Crippen molar-refractivity contribution in [3.05, 3.63) is 112 Å². The number of non-ortho nitro benzene ring substituents is 2.